The van der Waals surface area contributed by atoms with Gasteiger partial charge >= 0.3 is 5.97 Å². The molecule has 3 amide bonds. The van der Waals surface area contributed by atoms with Crippen molar-refractivity contribution in [2.75, 3.05) is 13.2 Å². The molecule has 3 aliphatic rings. The number of likely N-dealkylation sites (tertiary alicyclic amines) is 1. The Balaban J connectivity index is 1.57. The van der Waals surface area contributed by atoms with Gasteiger partial charge in [-0.15, -0.1) is 13.2 Å². The number of hydrogen-bond acceptors (Lipinski definition) is 7. The molecule has 2 N–H and O–H groups in total. The van der Waals surface area contributed by atoms with Crippen molar-refractivity contribution in [2.45, 2.75) is 120 Å². The lowest BCUT2D eigenvalue weighted by molar-refractivity contribution is -0.163. The fourth-order valence-electron chi connectivity index (χ4n) is 9.39. The summed E-state index contributed by atoms with van der Waals surface area (Å²) in [6.45, 7) is 19.7. The zero-order valence-corrected chi connectivity index (χ0v) is 34.7. The number of fused-ring (bicyclic) bond motifs is 1. The first kappa shape index (κ1) is 42.3. The summed E-state index contributed by atoms with van der Waals surface area (Å²) in [5.41, 5.74) is -0.603. The van der Waals surface area contributed by atoms with Crippen LogP contribution in [0.4, 0.5) is 0 Å². The lowest BCUT2D eigenvalue weighted by Crippen LogP contribution is -2.63. The molecule has 2 bridgehead atoms. The van der Waals surface area contributed by atoms with Crippen molar-refractivity contribution in [1.29, 1.82) is 0 Å². The van der Waals surface area contributed by atoms with Gasteiger partial charge in [0.15, 0.2) is 0 Å². The summed E-state index contributed by atoms with van der Waals surface area (Å²) in [4.78, 5) is 61.0. The van der Waals surface area contributed by atoms with Crippen molar-refractivity contribution in [3.8, 4) is 0 Å². The highest BCUT2D eigenvalue weighted by atomic mass is 79.9. The normalized spacial score (nSPS) is 26.1. The average Bonchev–Trinajstić information content (AvgIpc) is 3.73. The summed E-state index contributed by atoms with van der Waals surface area (Å²) in [6.07, 6.45) is 3.71. The fraction of sp³-hybridized carbons (Fsp3) is 0.545. The van der Waals surface area contributed by atoms with Crippen molar-refractivity contribution in [3.05, 3.63) is 97.1 Å². The smallest absolute Gasteiger partial charge is 0.313 e. The van der Waals surface area contributed by atoms with E-state index in [-0.39, 0.29) is 41.4 Å². The van der Waals surface area contributed by atoms with Crippen LogP contribution in [0.3, 0.4) is 0 Å². The minimum atomic E-state index is -1.38. The Hall–Kier alpha value is -3.80. The van der Waals surface area contributed by atoms with Crippen LogP contribution in [0.15, 0.2) is 86.0 Å². The maximum Gasteiger partial charge on any atom is 0.313 e. The van der Waals surface area contributed by atoms with Gasteiger partial charge in [0.25, 0.3) is 0 Å². The van der Waals surface area contributed by atoms with Gasteiger partial charge in [-0.05, 0) is 63.0 Å². The lowest BCUT2D eigenvalue weighted by Gasteiger charge is -2.46. The number of amides is 3. The topological polar surface area (TPSA) is 125 Å². The van der Waals surface area contributed by atoms with Gasteiger partial charge in [-0.2, -0.15) is 0 Å². The van der Waals surface area contributed by atoms with Crippen LogP contribution < -0.4 is 5.32 Å². The first-order valence-corrected chi connectivity index (χ1v) is 20.3. The molecular weight excluding hydrogens is 762 g/mol. The van der Waals surface area contributed by atoms with Gasteiger partial charge in [-0.3, -0.25) is 19.2 Å². The number of nitrogens with zero attached hydrogens (tertiary/aromatic N) is 2. The SMILES string of the molecule is C=CCCC(=O)N[C@H](C)[C@@H](OC(=O)[C@@H]1[C@H]2O[C@@]3(CC2Br)[C@H](C(=O)N(CC=C)C(C)(C)CC(C)(C)C)N([C@@H](CO)Cc2ccccc2)C(=O)[C@@H]13)c1ccccc1. The predicted octanol–water partition coefficient (Wildman–Crippen LogP) is 6.32. The highest BCUT2D eigenvalue weighted by molar-refractivity contribution is 9.09. The average molecular weight is 821 g/mol. The van der Waals surface area contributed by atoms with Gasteiger partial charge in [0.1, 0.15) is 17.7 Å². The van der Waals surface area contributed by atoms with Crippen molar-refractivity contribution in [3.63, 3.8) is 0 Å². The number of esters is 1. The van der Waals surface area contributed by atoms with E-state index in [9.17, 15) is 14.7 Å². The second-order valence-electron chi connectivity index (χ2n) is 17.2. The number of halogens is 1. The Morgan fingerprint density at radius 2 is 1.71 bits per heavy atom. The van der Waals surface area contributed by atoms with E-state index in [1.165, 1.54) is 4.90 Å². The van der Waals surface area contributed by atoms with E-state index in [2.05, 4.69) is 55.2 Å². The van der Waals surface area contributed by atoms with Crippen LogP contribution in [0.2, 0.25) is 0 Å². The lowest BCUT2D eigenvalue weighted by atomic mass is 9.70. The summed E-state index contributed by atoms with van der Waals surface area (Å²) in [5.74, 6) is -3.71. The van der Waals surface area contributed by atoms with E-state index in [4.69, 9.17) is 9.47 Å². The van der Waals surface area contributed by atoms with E-state index in [1.807, 2.05) is 74.5 Å². The largest absolute Gasteiger partial charge is 0.455 e. The highest BCUT2D eigenvalue weighted by Gasteiger charge is 2.78. The molecular formula is C44H58BrN3O7. The molecule has 0 saturated carbocycles. The highest BCUT2D eigenvalue weighted by Crippen LogP contribution is 2.61. The van der Waals surface area contributed by atoms with Gasteiger partial charge in [0, 0.05) is 23.3 Å². The molecule has 0 aliphatic carbocycles. The molecule has 10 nitrogen and oxygen atoms in total. The third-order valence-electron chi connectivity index (χ3n) is 11.2. The van der Waals surface area contributed by atoms with Gasteiger partial charge in [-0.1, -0.05) is 110 Å². The minimum absolute atomic E-state index is 0.133. The van der Waals surface area contributed by atoms with Gasteiger partial charge in [0.2, 0.25) is 17.7 Å². The second-order valence-corrected chi connectivity index (χ2v) is 18.4. The number of rotatable bonds is 17. The predicted molar refractivity (Wildman–Crippen MR) is 216 cm³/mol. The molecule has 5 rings (SSSR count). The molecule has 9 atom stereocenters. The Morgan fingerprint density at radius 3 is 2.29 bits per heavy atom. The van der Waals surface area contributed by atoms with Gasteiger partial charge < -0.3 is 29.7 Å². The number of allylic oxidation sites excluding steroid dienone is 1. The van der Waals surface area contributed by atoms with Gasteiger partial charge in [0.05, 0.1) is 36.6 Å². The Bertz CT molecular complexity index is 1710. The van der Waals surface area contributed by atoms with E-state index in [1.54, 1.807) is 24.0 Å². The Kier molecular flexibility index (Phi) is 13.2. The number of benzene rings is 2. The number of alkyl halides is 1. The van der Waals surface area contributed by atoms with Crippen molar-refractivity contribution in [2.24, 2.45) is 17.3 Å². The molecule has 55 heavy (non-hydrogen) atoms. The summed E-state index contributed by atoms with van der Waals surface area (Å²) in [7, 11) is 0. The summed E-state index contributed by atoms with van der Waals surface area (Å²) in [5, 5.41) is 14.0. The number of ether oxygens (including phenoxy) is 2. The molecule has 3 saturated heterocycles. The van der Waals surface area contributed by atoms with Crippen LogP contribution in [0.5, 0.6) is 0 Å². The van der Waals surface area contributed by atoms with Crippen LogP contribution >= 0.6 is 15.9 Å². The molecule has 0 radical (unpaired) electrons. The quantitative estimate of drug-likeness (QED) is 0.109. The van der Waals surface area contributed by atoms with Crippen LogP contribution in [0, 0.1) is 17.3 Å². The van der Waals surface area contributed by atoms with Crippen molar-refractivity contribution >= 4 is 39.6 Å². The number of hydrogen-bond donors (Lipinski definition) is 2. The standard InChI is InChI=1S/C44H58BrN3O7/c1-9-11-22-33(50)46-28(3)36(30-20-16-13-17-21-30)54-41(53)34-35-39(51)48(31(26-49)24-29-18-14-12-15-19-29)38(44(35)25-32(45)37(34)55-44)40(52)47(23-10-2)43(7,8)27-42(4,5)6/h9-10,12-21,28,31-32,34-38,49H,1-2,11,22-27H2,3-8H3,(H,46,50)/t28-,31-,32?,34+,35-,36-,37+,38+,44-/m1/s1. The summed E-state index contributed by atoms with van der Waals surface area (Å²) >= 11 is 3.79. The molecule has 11 heteroatoms. The maximum atomic E-state index is 15.4. The molecule has 3 heterocycles. The molecule has 0 aromatic heterocycles. The summed E-state index contributed by atoms with van der Waals surface area (Å²) < 4.78 is 13.2. The molecule has 3 fully saturated rings. The van der Waals surface area contributed by atoms with Crippen LogP contribution in [-0.2, 0) is 35.1 Å². The third-order valence-corrected chi connectivity index (χ3v) is 12.1. The van der Waals surface area contributed by atoms with Crippen LogP contribution in [-0.4, -0.2) is 91.9 Å². The monoisotopic (exact) mass is 819 g/mol. The molecule has 298 valence electrons. The zero-order chi connectivity index (χ0) is 40.3. The molecule has 2 aromatic rings. The minimum Gasteiger partial charge on any atom is -0.455 e. The van der Waals surface area contributed by atoms with Crippen molar-refractivity contribution in [1.82, 2.24) is 15.1 Å². The first-order chi connectivity index (χ1) is 26.0. The second kappa shape index (κ2) is 17.1. The number of aliphatic hydroxyl groups is 1. The first-order valence-electron chi connectivity index (χ1n) is 19.4. The number of carbonyl (C=O) groups is 4. The third kappa shape index (κ3) is 8.79. The number of aliphatic hydroxyl groups excluding tert-OH is 1. The fourth-order valence-corrected chi connectivity index (χ4v) is 10.3. The van der Waals surface area contributed by atoms with Crippen LogP contribution in [0.1, 0.15) is 84.5 Å². The molecule has 1 spiro atoms. The molecule has 1 unspecified atom stereocenters. The van der Waals surface area contributed by atoms with E-state index in [0.29, 0.717) is 24.8 Å². The van der Waals surface area contributed by atoms with E-state index >= 15 is 9.59 Å². The number of nitrogens with one attached hydrogen (secondary N) is 1. The maximum absolute atomic E-state index is 15.4. The zero-order valence-electron chi connectivity index (χ0n) is 33.1. The van der Waals surface area contributed by atoms with Crippen LogP contribution in [0.25, 0.3) is 0 Å². The number of carbonyl (C=O) groups excluding carboxylic acids is 4. The Morgan fingerprint density at radius 1 is 1.07 bits per heavy atom. The molecule has 3 aliphatic heterocycles. The summed E-state index contributed by atoms with van der Waals surface area (Å²) in [6, 6.07) is 16.2. The van der Waals surface area contributed by atoms with Crippen molar-refractivity contribution < 1.29 is 33.8 Å². The Labute approximate surface area is 334 Å². The van der Waals surface area contributed by atoms with Gasteiger partial charge in [-0.25, -0.2) is 0 Å². The van der Waals surface area contributed by atoms with E-state index < -0.39 is 71.8 Å². The van der Waals surface area contributed by atoms with E-state index in [0.717, 1.165) is 5.56 Å². The molecule has 2 aromatic carbocycles.